The second-order valence-electron chi connectivity index (χ2n) is 5.33. The molecule has 0 bridgehead atoms. The molecule has 122 valence electrons. The van der Waals surface area contributed by atoms with Gasteiger partial charge in [0.25, 0.3) is 0 Å². The fourth-order valence-corrected chi connectivity index (χ4v) is 5.20. The molecule has 0 radical (unpaired) electrons. The van der Waals surface area contributed by atoms with Crippen LogP contribution in [0.3, 0.4) is 0 Å². The average Bonchev–Trinajstić information content (AvgIpc) is 2.80. The van der Waals surface area contributed by atoms with Gasteiger partial charge < -0.3 is 5.32 Å². The Balaban J connectivity index is 2.82. The zero-order valence-corrected chi connectivity index (χ0v) is 15.2. The number of rotatable bonds is 10. The Bertz CT molecular complexity index is 524. The summed E-state index contributed by atoms with van der Waals surface area (Å²) in [6, 6.07) is 1.84. The van der Waals surface area contributed by atoms with Gasteiger partial charge in [0.1, 0.15) is 0 Å². The van der Waals surface area contributed by atoms with Crippen LogP contribution >= 0.6 is 11.3 Å². The molecule has 1 rings (SSSR count). The topological polar surface area (TPSA) is 58.2 Å². The molecule has 1 heterocycles. The van der Waals surface area contributed by atoms with Crippen molar-refractivity contribution in [3.05, 3.63) is 15.8 Å². The van der Waals surface area contributed by atoms with Crippen LogP contribution in [-0.2, 0) is 16.6 Å². The third-order valence-electron chi connectivity index (χ3n) is 3.39. The molecule has 0 aliphatic carbocycles. The molecule has 21 heavy (non-hydrogen) atoms. The van der Waals surface area contributed by atoms with Crippen molar-refractivity contribution in [2.75, 3.05) is 6.54 Å². The van der Waals surface area contributed by atoms with Crippen LogP contribution < -0.4 is 10.0 Å². The Hall–Kier alpha value is -0.430. The number of hydrogen-bond donors (Lipinski definition) is 2. The van der Waals surface area contributed by atoms with Gasteiger partial charge in [-0.1, -0.05) is 27.2 Å². The van der Waals surface area contributed by atoms with Gasteiger partial charge in [-0.15, -0.1) is 11.3 Å². The molecule has 0 aliphatic rings. The summed E-state index contributed by atoms with van der Waals surface area (Å²) in [5.41, 5.74) is 0. The van der Waals surface area contributed by atoms with Gasteiger partial charge in [-0.3, -0.25) is 0 Å². The molecule has 6 heteroatoms. The van der Waals surface area contributed by atoms with Crippen molar-refractivity contribution < 1.29 is 8.42 Å². The Kier molecular flexibility index (Phi) is 7.87. The van der Waals surface area contributed by atoms with Crippen molar-refractivity contribution in [3.63, 3.8) is 0 Å². The Morgan fingerprint density at radius 1 is 1.24 bits per heavy atom. The van der Waals surface area contributed by atoms with Crippen molar-refractivity contribution in [3.8, 4) is 0 Å². The predicted molar refractivity (Wildman–Crippen MR) is 90.4 cm³/mol. The van der Waals surface area contributed by atoms with Gasteiger partial charge in [-0.2, -0.15) is 0 Å². The first-order valence-electron chi connectivity index (χ1n) is 7.76. The van der Waals surface area contributed by atoms with Gasteiger partial charge in [0, 0.05) is 22.3 Å². The smallest absolute Gasteiger partial charge is 0.241 e. The minimum Gasteiger partial charge on any atom is -0.312 e. The first kappa shape index (κ1) is 18.6. The van der Waals surface area contributed by atoms with E-state index in [0.29, 0.717) is 4.90 Å². The third kappa shape index (κ3) is 5.70. The molecule has 0 spiro atoms. The standard InChI is InChI=1S/C15H28N2O2S2/c1-5-8-13(7-3)17-21(18,19)15-10-14(20-12(15)4)11-16-9-6-2/h10,13,16-17H,5-9,11H2,1-4H3. The predicted octanol–water partition coefficient (Wildman–Crippen LogP) is 3.41. The maximum atomic E-state index is 12.5. The van der Waals surface area contributed by atoms with E-state index in [0.717, 1.165) is 48.5 Å². The highest BCUT2D eigenvalue weighted by Gasteiger charge is 2.22. The summed E-state index contributed by atoms with van der Waals surface area (Å²) in [6.45, 7) is 9.77. The second kappa shape index (κ2) is 8.88. The minimum atomic E-state index is -3.40. The van der Waals surface area contributed by atoms with Crippen LogP contribution in [-0.4, -0.2) is 21.0 Å². The molecule has 0 saturated heterocycles. The fourth-order valence-electron chi connectivity index (χ4n) is 2.24. The zero-order valence-electron chi connectivity index (χ0n) is 13.5. The summed E-state index contributed by atoms with van der Waals surface area (Å²) >= 11 is 1.56. The van der Waals surface area contributed by atoms with E-state index in [4.69, 9.17) is 0 Å². The summed E-state index contributed by atoms with van der Waals surface area (Å²) in [7, 11) is -3.40. The van der Waals surface area contributed by atoms with Crippen LogP contribution in [0.2, 0.25) is 0 Å². The summed E-state index contributed by atoms with van der Waals surface area (Å²) in [6.07, 6.45) is 3.76. The first-order chi connectivity index (χ1) is 9.94. The molecule has 0 aromatic carbocycles. The first-order valence-corrected chi connectivity index (χ1v) is 10.1. The molecular weight excluding hydrogens is 304 g/mol. The van der Waals surface area contributed by atoms with E-state index in [1.165, 1.54) is 0 Å². The molecular formula is C15H28N2O2S2. The molecule has 4 nitrogen and oxygen atoms in total. The van der Waals surface area contributed by atoms with Gasteiger partial charge in [-0.25, -0.2) is 13.1 Å². The van der Waals surface area contributed by atoms with Crippen LogP contribution in [0.15, 0.2) is 11.0 Å². The van der Waals surface area contributed by atoms with Crippen molar-refractivity contribution in [1.82, 2.24) is 10.0 Å². The number of thiophene rings is 1. The van der Waals surface area contributed by atoms with Gasteiger partial charge in [-0.05, 0) is 38.8 Å². The normalized spacial score (nSPS) is 13.5. The van der Waals surface area contributed by atoms with Gasteiger partial charge >= 0.3 is 0 Å². The molecule has 1 aromatic heterocycles. The maximum Gasteiger partial charge on any atom is 0.241 e. The van der Waals surface area contributed by atoms with Crippen LogP contribution in [0.4, 0.5) is 0 Å². The number of aryl methyl sites for hydroxylation is 1. The highest BCUT2D eigenvalue weighted by atomic mass is 32.2. The Labute approximate surface area is 133 Å². The lowest BCUT2D eigenvalue weighted by atomic mass is 10.1. The van der Waals surface area contributed by atoms with E-state index in [1.54, 1.807) is 11.3 Å². The molecule has 2 N–H and O–H groups in total. The summed E-state index contributed by atoms with van der Waals surface area (Å²) in [4.78, 5) is 2.38. The van der Waals surface area contributed by atoms with E-state index in [1.807, 2.05) is 19.9 Å². The highest BCUT2D eigenvalue weighted by molar-refractivity contribution is 7.89. The van der Waals surface area contributed by atoms with E-state index in [2.05, 4.69) is 23.9 Å². The summed E-state index contributed by atoms with van der Waals surface area (Å²) in [5, 5.41) is 3.31. The molecule has 1 aromatic rings. The van der Waals surface area contributed by atoms with Gasteiger partial charge in [0.2, 0.25) is 10.0 Å². The van der Waals surface area contributed by atoms with E-state index in [9.17, 15) is 8.42 Å². The lowest BCUT2D eigenvalue weighted by Crippen LogP contribution is -2.34. The van der Waals surface area contributed by atoms with Gasteiger partial charge in [0.15, 0.2) is 0 Å². The van der Waals surface area contributed by atoms with E-state index in [-0.39, 0.29) is 6.04 Å². The van der Waals surface area contributed by atoms with Crippen LogP contribution in [0.25, 0.3) is 0 Å². The van der Waals surface area contributed by atoms with Crippen molar-refractivity contribution in [2.24, 2.45) is 0 Å². The molecule has 1 unspecified atom stereocenters. The monoisotopic (exact) mass is 332 g/mol. The minimum absolute atomic E-state index is 0.0287. The van der Waals surface area contributed by atoms with Gasteiger partial charge in [0.05, 0.1) is 4.90 Å². The quantitative estimate of drug-likeness (QED) is 0.646. The van der Waals surface area contributed by atoms with Crippen molar-refractivity contribution in [2.45, 2.75) is 70.9 Å². The lowest BCUT2D eigenvalue weighted by Gasteiger charge is -2.16. The highest BCUT2D eigenvalue weighted by Crippen LogP contribution is 2.26. The SMILES string of the molecule is CCCNCc1cc(S(=O)(=O)NC(CC)CCC)c(C)s1. The molecule has 1 atom stereocenters. The van der Waals surface area contributed by atoms with E-state index < -0.39 is 10.0 Å². The number of nitrogens with one attached hydrogen (secondary N) is 2. The lowest BCUT2D eigenvalue weighted by molar-refractivity contribution is 0.512. The maximum absolute atomic E-state index is 12.5. The summed E-state index contributed by atoms with van der Waals surface area (Å²) < 4.78 is 27.9. The third-order valence-corrected chi connectivity index (χ3v) is 6.22. The fraction of sp³-hybridized carbons (Fsp3) is 0.733. The van der Waals surface area contributed by atoms with E-state index >= 15 is 0 Å². The number of hydrogen-bond acceptors (Lipinski definition) is 4. The Morgan fingerprint density at radius 2 is 1.95 bits per heavy atom. The Morgan fingerprint density at radius 3 is 2.52 bits per heavy atom. The number of sulfonamides is 1. The van der Waals surface area contributed by atoms with Crippen molar-refractivity contribution in [1.29, 1.82) is 0 Å². The largest absolute Gasteiger partial charge is 0.312 e. The summed E-state index contributed by atoms with van der Waals surface area (Å²) in [5.74, 6) is 0. The zero-order chi connectivity index (χ0) is 15.9. The average molecular weight is 333 g/mol. The molecule has 0 aliphatic heterocycles. The van der Waals surface area contributed by atoms with Crippen LogP contribution in [0.1, 0.15) is 56.2 Å². The molecule has 0 fully saturated rings. The van der Waals surface area contributed by atoms with Crippen molar-refractivity contribution >= 4 is 21.4 Å². The second-order valence-corrected chi connectivity index (χ2v) is 8.35. The molecule has 0 saturated carbocycles. The van der Waals surface area contributed by atoms with Crippen LogP contribution in [0, 0.1) is 6.92 Å². The molecule has 0 amide bonds. The van der Waals surface area contributed by atoms with Crippen LogP contribution in [0.5, 0.6) is 0 Å².